The van der Waals surface area contributed by atoms with E-state index in [1.807, 2.05) is 0 Å². The molecule has 2 nitrogen and oxygen atoms in total. The van der Waals surface area contributed by atoms with E-state index in [4.69, 9.17) is 5.73 Å². The fourth-order valence-electron chi connectivity index (χ4n) is 2.72. The van der Waals surface area contributed by atoms with Crippen molar-refractivity contribution in [2.24, 2.45) is 5.73 Å². The van der Waals surface area contributed by atoms with Crippen molar-refractivity contribution >= 4 is 0 Å². The third-order valence-electron chi connectivity index (χ3n) is 3.95. The van der Waals surface area contributed by atoms with E-state index in [1.54, 1.807) is 0 Å². The first kappa shape index (κ1) is 10.4. The molecule has 0 amide bonds. The summed E-state index contributed by atoms with van der Waals surface area (Å²) in [5, 5.41) is 0. The zero-order valence-electron chi connectivity index (χ0n) is 9.30. The van der Waals surface area contributed by atoms with E-state index in [-0.39, 0.29) is 5.54 Å². The van der Waals surface area contributed by atoms with Gasteiger partial charge in [-0.2, -0.15) is 0 Å². The smallest absolute Gasteiger partial charge is 0.0154 e. The maximum atomic E-state index is 6.20. The van der Waals surface area contributed by atoms with E-state index >= 15 is 0 Å². The fraction of sp³-hybridized carbons (Fsp3) is 1.00. The van der Waals surface area contributed by atoms with Crippen LogP contribution in [0.5, 0.6) is 0 Å². The topological polar surface area (TPSA) is 29.3 Å². The average molecular weight is 196 g/mol. The molecule has 0 bridgehead atoms. The molecule has 0 aromatic heterocycles. The second-order valence-electron chi connectivity index (χ2n) is 5.22. The zero-order valence-corrected chi connectivity index (χ0v) is 9.30. The van der Waals surface area contributed by atoms with Crippen molar-refractivity contribution in [3.8, 4) is 0 Å². The molecule has 0 spiro atoms. The third kappa shape index (κ3) is 2.71. The number of hydrogen-bond donors (Lipinski definition) is 1. The standard InChI is InChI=1S/C12H24N2/c13-12(6-4-7-12)8-5-11-14-9-2-1-3-10-14/h1-11,13H2. The van der Waals surface area contributed by atoms with Gasteiger partial charge in [-0.05, 0) is 64.6 Å². The van der Waals surface area contributed by atoms with Crippen LogP contribution in [-0.2, 0) is 0 Å². The highest BCUT2D eigenvalue weighted by molar-refractivity contribution is 4.92. The minimum absolute atomic E-state index is 0.246. The summed E-state index contributed by atoms with van der Waals surface area (Å²) in [4.78, 5) is 2.62. The van der Waals surface area contributed by atoms with Gasteiger partial charge in [-0.3, -0.25) is 0 Å². The molecule has 0 radical (unpaired) electrons. The molecule has 0 aromatic carbocycles. The monoisotopic (exact) mass is 196 g/mol. The quantitative estimate of drug-likeness (QED) is 0.746. The van der Waals surface area contributed by atoms with Crippen LogP contribution in [0.2, 0.25) is 0 Å². The van der Waals surface area contributed by atoms with Crippen molar-refractivity contribution in [3.05, 3.63) is 0 Å². The summed E-state index contributed by atoms with van der Waals surface area (Å²) >= 11 is 0. The number of likely N-dealkylation sites (tertiary alicyclic amines) is 1. The lowest BCUT2D eigenvalue weighted by atomic mass is 9.74. The third-order valence-corrected chi connectivity index (χ3v) is 3.95. The summed E-state index contributed by atoms with van der Waals surface area (Å²) in [6.07, 6.45) is 10.7. The van der Waals surface area contributed by atoms with E-state index < -0.39 is 0 Å². The van der Waals surface area contributed by atoms with Crippen LogP contribution in [0.15, 0.2) is 0 Å². The van der Waals surface area contributed by atoms with Gasteiger partial charge in [-0.1, -0.05) is 6.42 Å². The molecule has 1 heterocycles. The van der Waals surface area contributed by atoms with Crippen LogP contribution in [0.1, 0.15) is 51.4 Å². The molecule has 2 aliphatic rings. The predicted octanol–water partition coefficient (Wildman–Crippen LogP) is 2.13. The first-order valence-electron chi connectivity index (χ1n) is 6.30. The van der Waals surface area contributed by atoms with Gasteiger partial charge < -0.3 is 10.6 Å². The van der Waals surface area contributed by atoms with Gasteiger partial charge in [0.15, 0.2) is 0 Å². The summed E-state index contributed by atoms with van der Waals surface area (Å²) < 4.78 is 0. The fourth-order valence-corrected chi connectivity index (χ4v) is 2.72. The average Bonchev–Trinajstić information content (AvgIpc) is 2.17. The normalized spacial score (nSPS) is 27.2. The molecule has 1 saturated heterocycles. The van der Waals surface area contributed by atoms with Gasteiger partial charge in [0, 0.05) is 5.54 Å². The first-order chi connectivity index (χ1) is 6.79. The summed E-state index contributed by atoms with van der Waals surface area (Å²) in [6.45, 7) is 3.95. The highest BCUT2D eigenvalue weighted by Gasteiger charge is 2.31. The minimum Gasteiger partial charge on any atom is -0.325 e. The Kier molecular flexibility index (Phi) is 3.45. The highest BCUT2D eigenvalue weighted by atomic mass is 15.1. The molecule has 1 aliphatic carbocycles. The number of hydrogen-bond acceptors (Lipinski definition) is 2. The van der Waals surface area contributed by atoms with Crippen LogP contribution in [0.3, 0.4) is 0 Å². The van der Waals surface area contributed by atoms with Crippen molar-refractivity contribution in [1.82, 2.24) is 4.90 Å². The number of nitrogens with zero attached hydrogens (tertiary/aromatic N) is 1. The van der Waals surface area contributed by atoms with Gasteiger partial charge in [0.1, 0.15) is 0 Å². The van der Waals surface area contributed by atoms with Crippen molar-refractivity contribution < 1.29 is 0 Å². The lowest BCUT2D eigenvalue weighted by Crippen LogP contribution is -2.46. The molecular formula is C12H24N2. The predicted molar refractivity (Wildman–Crippen MR) is 60.3 cm³/mol. The number of rotatable bonds is 4. The van der Waals surface area contributed by atoms with E-state index in [9.17, 15) is 0 Å². The summed E-state index contributed by atoms with van der Waals surface area (Å²) in [7, 11) is 0. The van der Waals surface area contributed by atoms with Crippen LogP contribution in [0, 0.1) is 0 Å². The van der Waals surface area contributed by atoms with Gasteiger partial charge in [0.05, 0.1) is 0 Å². The van der Waals surface area contributed by atoms with Crippen molar-refractivity contribution in [3.63, 3.8) is 0 Å². The molecule has 2 heteroatoms. The first-order valence-corrected chi connectivity index (χ1v) is 6.30. The Hall–Kier alpha value is -0.0800. The van der Waals surface area contributed by atoms with Gasteiger partial charge in [0.2, 0.25) is 0 Å². The highest BCUT2D eigenvalue weighted by Crippen LogP contribution is 2.33. The van der Waals surface area contributed by atoms with Crippen LogP contribution in [-0.4, -0.2) is 30.1 Å². The van der Waals surface area contributed by atoms with Gasteiger partial charge >= 0.3 is 0 Å². The Morgan fingerprint density at radius 3 is 2.29 bits per heavy atom. The summed E-state index contributed by atoms with van der Waals surface area (Å²) in [5.41, 5.74) is 6.45. The molecule has 1 saturated carbocycles. The Labute approximate surface area is 87.8 Å². The Morgan fingerprint density at radius 2 is 1.71 bits per heavy atom. The van der Waals surface area contributed by atoms with Gasteiger partial charge in [-0.15, -0.1) is 0 Å². The molecule has 0 unspecified atom stereocenters. The Balaban J connectivity index is 1.57. The molecule has 82 valence electrons. The van der Waals surface area contributed by atoms with E-state index in [0.29, 0.717) is 0 Å². The van der Waals surface area contributed by atoms with Crippen molar-refractivity contribution in [2.45, 2.75) is 56.9 Å². The summed E-state index contributed by atoms with van der Waals surface area (Å²) in [6, 6.07) is 0. The van der Waals surface area contributed by atoms with Gasteiger partial charge in [-0.25, -0.2) is 0 Å². The molecule has 0 atom stereocenters. The van der Waals surface area contributed by atoms with E-state index in [2.05, 4.69) is 4.90 Å². The Morgan fingerprint density at radius 1 is 1.00 bits per heavy atom. The number of nitrogens with two attached hydrogens (primary N) is 1. The SMILES string of the molecule is NC1(CCCN2CCCCC2)CCC1. The molecule has 1 aliphatic heterocycles. The molecule has 0 aromatic rings. The second-order valence-corrected chi connectivity index (χ2v) is 5.22. The van der Waals surface area contributed by atoms with E-state index in [0.717, 1.165) is 0 Å². The van der Waals surface area contributed by atoms with Crippen molar-refractivity contribution in [2.75, 3.05) is 19.6 Å². The van der Waals surface area contributed by atoms with Crippen LogP contribution in [0.25, 0.3) is 0 Å². The van der Waals surface area contributed by atoms with Crippen LogP contribution >= 0.6 is 0 Å². The largest absolute Gasteiger partial charge is 0.325 e. The van der Waals surface area contributed by atoms with Crippen molar-refractivity contribution in [1.29, 1.82) is 0 Å². The summed E-state index contributed by atoms with van der Waals surface area (Å²) in [5.74, 6) is 0. The molecular weight excluding hydrogens is 172 g/mol. The molecule has 2 N–H and O–H groups in total. The maximum Gasteiger partial charge on any atom is 0.0154 e. The lowest BCUT2D eigenvalue weighted by Gasteiger charge is -2.39. The Bertz CT molecular complexity index is 169. The minimum atomic E-state index is 0.246. The second kappa shape index (κ2) is 4.63. The maximum absolute atomic E-state index is 6.20. The van der Waals surface area contributed by atoms with Crippen LogP contribution < -0.4 is 5.73 Å². The molecule has 14 heavy (non-hydrogen) atoms. The molecule has 2 rings (SSSR count). The van der Waals surface area contributed by atoms with Crippen LogP contribution in [0.4, 0.5) is 0 Å². The molecule has 2 fully saturated rings. The van der Waals surface area contributed by atoms with Gasteiger partial charge in [0.25, 0.3) is 0 Å². The van der Waals surface area contributed by atoms with E-state index in [1.165, 1.54) is 71.0 Å². The lowest BCUT2D eigenvalue weighted by molar-refractivity contribution is 0.188. The number of piperidine rings is 1. The zero-order chi connectivity index (χ0) is 9.86.